The van der Waals surface area contributed by atoms with Gasteiger partial charge in [-0.05, 0) is 41.8 Å². The second-order valence-corrected chi connectivity index (χ2v) is 12.8. The molecule has 240 valence electrons. The van der Waals surface area contributed by atoms with Crippen LogP contribution in [-0.4, -0.2) is 62.5 Å². The van der Waals surface area contributed by atoms with Gasteiger partial charge in [-0.2, -0.15) is 26.6 Å². The van der Waals surface area contributed by atoms with Gasteiger partial charge in [0.15, 0.2) is 28.2 Å². The van der Waals surface area contributed by atoms with E-state index in [1.165, 1.54) is 42.4 Å². The maximum atomic E-state index is 13.5. The van der Waals surface area contributed by atoms with Crippen LogP contribution in [0.4, 0.5) is 19.0 Å². The first-order valence-corrected chi connectivity index (χ1v) is 16.0. The number of alkyl halides is 3. The van der Waals surface area contributed by atoms with Crippen LogP contribution in [0, 0.1) is 0 Å². The maximum Gasteiger partial charge on any atom is 0.511 e. The van der Waals surface area contributed by atoms with Crippen LogP contribution in [0.2, 0.25) is 0 Å². The zero-order chi connectivity index (χ0) is 32.8. The van der Waals surface area contributed by atoms with Gasteiger partial charge in [-0.1, -0.05) is 38.1 Å². The van der Waals surface area contributed by atoms with Crippen molar-refractivity contribution in [2.45, 2.75) is 30.3 Å². The number of aromatic nitrogens is 4. The van der Waals surface area contributed by atoms with Crippen molar-refractivity contribution in [2.75, 3.05) is 25.0 Å². The van der Waals surface area contributed by atoms with Crippen LogP contribution >= 0.6 is 0 Å². The number of rotatable bonds is 13. The van der Waals surface area contributed by atoms with Gasteiger partial charge in [0.1, 0.15) is 12.3 Å². The Bertz CT molecular complexity index is 1840. The van der Waals surface area contributed by atoms with Gasteiger partial charge in [-0.3, -0.25) is 9.71 Å². The largest absolute Gasteiger partial charge is 0.511 e. The molecular weight excluding hydrogens is 641 g/mol. The van der Waals surface area contributed by atoms with Crippen molar-refractivity contribution in [1.29, 1.82) is 0 Å². The number of benzene rings is 1. The zero-order valence-electron chi connectivity index (χ0n) is 23.9. The van der Waals surface area contributed by atoms with Crippen LogP contribution in [0.3, 0.4) is 0 Å². The molecule has 0 spiro atoms. The molecule has 3 aromatic heterocycles. The van der Waals surface area contributed by atoms with Gasteiger partial charge in [0.25, 0.3) is 15.9 Å². The number of para-hydroxylation sites is 2. The third-order valence-corrected chi connectivity index (χ3v) is 8.33. The van der Waals surface area contributed by atoms with Gasteiger partial charge >= 0.3 is 15.5 Å². The fourth-order valence-electron chi connectivity index (χ4n) is 3.59. The van der Waals surface area contributed by atoms with Crippen molar-refractivity contribution in [2.24, 2.45) is 0 Å². The Morgan fingerprint density at radius 2 is 1.62 bits per heavy atom. The van der Waals surface area contributed by atoms with Crippen LogP contribution in [0.1, 0.15) is 25.3 Å². The summed E-state index contributed by atoms with van der Waals surface area (Å²) in [6, 6.07) is 13.9. The molecule has 1 aromatic carbocycles. The third kappa shape index (κ3) is 8.14. The lowest BCUT2D eigenvalue weighted by Gasteiger charge is -2.18. The molecule has 0 aliphatic rings. The molecule has 4 rings (SSSR count). The maximum absolute atomic E-state index is 13.5. The number of hydrogen-bond acceptors (Lipinski definition) is 11. The number of sulfonamides is 2. The molecule has 4 aromatic rings. The Balaban J connectivity index is 1.81. The van der Waals surface area contributed by atoms with E-state index in [2.05, 4.69) is 24.7 Å². The third-order valence-electron chi connectivity index (χ3n) is 5.88. The second-order valence-electron chi connectivity index (χ2n) is 9.38. The topological polar surface area (TPSA) is 172 Å². The van der Waals surface area contributed by atoms with Crippen LogP contribution in [0.25, 0.3) is 11.5 Å². The van der Waals surface area contributed by atoms with E-state index < -0.39 is 56.2 Å². The van der Waals surface area contributed by atoms with Gasteiger partial charge in [0.2, 0.25) is 5.75 Å². The Morgan fingerprint density at radius 3 is 2.22 bits per heavy atom. The molecule has 0 bridgehead atoms. The van der Waals surface area contributed by atoms with E-state index in [4.69, 9.17) is 14.2 Å². The van der Waals surface area contributed by atoms with Crippen LogP contribution in [0.15, 0.2) is 72.0 Å². The summed E-state index contributed by atoms with van der Waals surface area (Å²) in [7, 11) is -8.72. The molecule has 2 N–H and O–H groups in total. The number of halogens is 3. The first-order valence-electron chi connectivity index (χ1n) is 13.0. The Morgan fingerprint density at radius 1 is 0.911 bits per heavy atom. The second kappa shape index (κ2) is 13.6. The van der Waals surface area contributed by atoms with Crippen LogP contribution < -0.4 is 23.7 Å². The summed E-state index contributed by atoms with van der Waals surface area (Å²) in [4.78, 5) is 16.8. The average molecular weight is 669 g/mol. The van der Waals surface area contributed by atoms with E-state index in [1.807, 2.05) is 13.8 Å². The summed E-state index contributed by atoms with van der Waals surface area (Å²) >= 11 is 0. The molecule has 0 radical (unpaired) electrons. The lowest BCUT2D eigenvalue weighted by atomic mass is 10.1. The lowest BCUT2D eigenvalue weighted by Crippen LogP contribution is -2.38. The molecule has 0 saturated heterocycles. The highest BCUT2D eigenvalue weighted by Gasteiger charge is 2.45. The Hall–Kier alpha value is -4.55. The quantitative estimate of drug-likeness (QED) is 0.193. The summed E-state index contributed by atoms with van der Waals surface area (Å²) in [5, 5.41) is -0.350. The normalized spacial score (nSPS) is 12.2. The van der Waals surface area contributed by atoms with E-state index >= 15 is 0 Å². The standard InChI is InChI=1S/C27H27F3N6O7S2/c1-17(2)18-11-12-22(32-16-18)44(37,38)36-25-23(43-21-10-5-4-9-20(21)41-3)26(35-24(34-25)19-8-6-7-13-31-19)42-15-14-33-45(39,40)27(28,29)30/h4-13,16-17,33H,14-15H2,1-3H3,(H,34,35,36). The first-order chi connectivity index (χ1) is 21.2. The molecule has 13 nitrogen and oxygen atoms in total. The molecule has 0 unspecified atom stereocenters. The summed E-state index contributed by atoms with van der Waals surface area (Å²) < 4.78 is 109. The van der Waals surface area contributed by atoms with E-state index in [0.29, 0.717) is 0 Å². The van der Waals surface area contributed by atoms with Crippen molar-refractivity contribution in [3.63, 3.8) is 0 Å². The van der Waals surface area contributed by atoms with Crippen molar-refractivity contribution in [3.05, 3.63) is 72.6 Å². The van der Waals surface area contributed by atoms with Crippen molar-refractivity contribution in [3.8, 4) is 34.6 Å². The van der Waals surface area contributed by atoms with Crippen molar-refractivity contribution in [1.82, 2.24) is 24.7 Å². The van der Waals surface area contributed by atoms with E-state index in [1.54, 1.807) is 36.4 Å². The summed E-state index contributed by atoms with van der Waals surface area (Å²) in [6.07, 6.45) is 2.84. The minimum atomic E-state index is -5.66. The van der Waals surface area contributed by atoms with Crippen LogP contribution in [-0.2, 0) is 20.0 Å². The average Bonchev–Trinajstić information content (AvgIpc) is 3.00. The highest BCUT2D eigenvalue weighted by atomic mass is 32.2. The van der Waals surface area contributed by atoms with Gasteiger partial charge in [-0.15, -0.1) is 0 Å². The summed E-state index contributed by atoms with van der Waals surface area (Å²) in [5.74, 6) is -1.10. The van der Waals surface area contributed by atoms with Gasteiger partial charge in [-0.25, -0.2) is 23.1 Å². The molecule has 18 heteroatoms. The predicted molar refractivity (Wildman–Crippen MR) is 156 cm³/mol. The van der Waals surface area contributed by atoms with Crippen molar-refractivity contribution < 1.29 is 44.2 Å². The fourth-order valence-corrected chi connectivity index (χ4v) is 5.04. The molecule has 3 heterocycles. The Kier molecular flexibility index (Phi) is 10.1. The SMILES string of the molecule is COc1ccccc1Oc1c(NS(=O)(=O)c2ccc(C(C)C)cn2)nc(-c2ccccn2)nc1OCCNS(=O)(=O)C(F)(F)F. The molecule has 0 fully saturated rings. The zero-order valence-corrected chi connectivity index (χ0v) is 25.6. The number of ether oxygens (including phenoxy) is 3. The predicted octanol–water partition coefficient (Wildman–Crippen LogP) is 4.48. The number of methoxy groups -OCH3 is 1. The highest BCUT2D eigenvalue weighted by molar-refractivity contribution is 7.92. The van der Waals surface area contributed by atoms with E-state index in [0.717, 1.165) is 5.56 Å². The molecule has 0 saturated carbocycles. The summed E-state index contributed by atoms with van der Waals surface area (Å²) in [6.45, 7) is 2.33. The number of pyridine rings is 2. The fraction of sp³-hybridized carbons (Fsp3) is 0.259. The number of hydrogen-bond donors (Lipinski definition) is 2. The lowest BCUT2D eigenvalue weighted by molar-refractivity contribution is -0.0448. The van der Waals surface area contributed by atoms with Crippen LogP contribution in [0.5, 0.6) is 23.1 Å². The first kappa shape index (κ1) is 33.3. The van der Waals surface area contributed by atoms with E-state index in [9.17, 15) is 30.0 Å². The molecule has 45 heavy (non-hydrogen) atoms. The Labute approximate surface area is 256 Å². The minimum Gasteiger partial charge on any atom is -0.493 e. The molecule has 0 aliphatic heterocycles. The molecule has 0 aliphatic carbocycles. The number of nitrogens with one attached hydrogen (secondary N) is 2. The van der Waals surface area contributed by atoms with Gasteiger partial charge in [0.05, 0.1) is 7.11 Å². The van der Waals surface area contributed by atoms with Gasteiger partial charge in [0, 0.05) is 18.9 Å². The highest BCUT2D eigenvalue weighted by Crippen LogP contribution is 2.41. The molecule has 0 amide bonds. The van der Waals surface area contributed by atoms with Gasteiger partial charge < -0.3 is 14.2 Å². The molecule has 0 atom stereocenters. The summed E-state index contributed by atoms with van der Waals surface area (Å²) in [5.41, 5.74) is -4.58. The van der Waals surface area contributed by atoms with E-state index in [-0.39, 0.29) is 34.0 Å². The smallest absolute Gasteiger partial charge is 0.493 e. The molecular formula is C27H27F3N6O7S2. The number of nitrogens with zero attached hydrogens (tertiary/aromatic N) is 4. The minimum absolute atomic E-state index is 0.0664. The van der Waals surface area contributed by atoms with Crippen molar-refractivity contribution >= 4 is 25.9 Å². The number of anilines is 1. The monoisotopic (exact) mass is 668 g/mol.